The molecule has 0 aliphatic heterocycles. The molecule has 0 fully saturated rings. The Labute approximate surface area is 207 Å². The number of sulfonamides is 1. The fourth-order valence-corrected chi connectivity index (χ4v) is 4.28. The average molecular weight is 511 g/mol. The number of amides is 1. The molecule has 0 radical (unpaired) electrons. The van der Waals surface area contributed by atoms with Crippen LogP contribution in [0.3, 0.4) is 0 Å². The predicted molar refractivity (Wildman–Crippen MR) is 134 cm³/mol. The number of amidine groups is 1. The summed E-state index contributed by atoms with van der Waals surface area (Å²) in [4.78, 5) is 25.1. The van der Waals surface area contributed by atoms with Crippen molar-refractivity contribution in [3.63, 3.8) is 0 Å². The van der Waals surface area contributed by atoms with Crippen LogP contribution in [0.4, 0.5) is 10.1 Å². The highest BCUT2D eigenvalue weighted by atomic mass is 32.2. The summed E-state index contributed by atoms with van der Waals surface area (Å²) in [5, 5.41) is 22.2. The number of carboxylic acids is 1. The summed E-state index contributed by atoms with van der Waals surface area (Å²) in [6.07, 6.45) is 0. The number of nitrogens with zero attached hydrogens (tertiary/aromatic N) is 1. The Hall–Kier alpha value is -4.35. The summed E-state index contributed by atoms with van der Waals surface area (Å²) in [7, 11) is -4.01. The molecule has 0 aromatic heterocycles. The van der Waals surface area contributed by atoms with Crippen LogP contribution in [0.2, 0.25) is 0 Å². The second-order valence-electron chi connectivity index (χ2n) is 7.81. The summed E-state index contributed by atoms with van der Waals surface area (Å²) in [6.45, 7) is 0.541. The van der Waals surface area contributed by atoms with Gasteiger partial charge in [-0.05, 0) is 47.9 Å². The van der Waals surface area contributed by atoms with Crippen molar-refractivity contribution in [1.29, 1.82) is 5.41 Å². The van der Waals surface area contributed by atoms with Gasteiger partial charge in [0.2, 0.25) is 10.0 Å². The molecule has 9 nitrogen and oxygen atoms in total. The average Bonchev–Trinajstić information content (AvgIpc) is 2.85. The fraction of sp³-hybridized carbons (Fsp3) is 0.0800. The van der Waals surface area contributed by atoms with Gasteiger partial charge in [0.15, 0.2) is 5.83 Å². The number of anilines is 1. The van der Waals surface area contributed by atoms with E-state index >= 15 is 4.39 Å². The Morgan fingerprint density at radius 1 is 1.00 bits per heavy atom. The Balaban J connectivity index is 2.01. The minimum atomic E-state index is -4.01. The van der Waals surface area contributed by atoms with E-state index in [0.717, 1.165) is 4.90 Å². The van der Waals surface area contributed by atoms with E-state index in [2.05, 4.69) is 0 Å². The number of aliphatic carboxylic acids is 1. The number of carbonyl (C=O) groups excluding carboxylic acids is 1. The Kier molecular flexibility index (Phi) is 7.66. The van der Waals surface area contributed by atoms with Crippen LogP contribution in [0.5, 0.6) is 0 Å². The molecule has 11 heteroatoms. The zero-order valence-electron chi connectivity index (χ0n) is 19.1. The number of primary sulfonamides is 1. The van der Waals surface area contributed by atoms with Crippen LogP contribution in [-0.2, 0) is 19.6 Å². The van der Waals surface area contributed by atoms with E-state index in [4.69, 9.17) is 16.3 Å². The molecule has 0 saturated heterocycles. The van der Waals surface area contributed by atoms with Crippen LogP contribution in [0, 0.1) is 5.41 Å². The zero-order chi connectivity index (χ0) is 26.6. The molecule has 186 valence electrons. The first-order valence-corrected chi connectivity index (χ1v) is 12.0. The molecular formula is C25H23FN4O5S. The third kappa shape index (κ3) is 5.82. The molecule has 0 atom stereocenters. The van der Waals surface area contributed by atoms with Gasteiger partial charge in [0.05, 0.1) is 4.90 Å². The lowest BCUT2D eigenvalue weighted by Gasteiger charge is -2.21. The number of nitrogen functional groups attached to an aromatic ring is 1. The quantitative estimate of drug-likeness (QED) is 0.206. The molecule has 3 rings (SSSR count). The fourth-order valence-electron chi connectivity index (χ4n) is 3.52. The Morgan fingerprint density at radius 3 is 2.19 bits per heavy atom. The minimum absolute atomic E-state index is 0.0582. The van der Waals surface area contributed by atoms with Gasteiger partial charge in [-0.2, -0.15) is 0 Å². The normalized spacial score (nSPS) is 12.0. The number of nitrogens with two attached hydrogens (primary N) is 2. The number of hydrogen-bond acceptors (Lipinski definition) is 5. The first-order valence-electron chi connectivity index (χ1n) is 10.5. The monoisotopic (exact) mass is 510 g/mol. The number of halogens is 1. The van der Waals surface area contributed by atoms with Crippen LogP contribution < -0.4 is 15.8 Å². The molecule has 0 heterocycles. The van der Waals surface area contributed by atoms with Crippen LogP contribution in [-0.4, -0.2) is 37.8 Å². The van der Waals surface area contributed by atoms with Crippen molar-refractivity contribution in [1.82, 2.24) is 0 Å². The summed E-state index contributed by atoms with van der Waals surface area (Å²) in [5.41, 5.74) is 6.90. The molecule has 3 aromatic carbocycles. The predicted octanol–water partition coefficient (Wildman–Crippen LogP) is 3.10. The van der Waals surface area contributed by atoms with Gasteiger partial charge in [-0.25, -0.2) is 17.9 Å². The van der Waals surface area contributed by atoms with E-state index < -0.39 is 34.3 Å². The van der Waals surface area contributed by atoms with Gasteiger partial charge in [0.1, 0.15) is 12.4 Å². The van der Waals surface area contributed by atoms with Gasteiger partial charge in [-0.1, -0.05) is 48.5 Å². The molecule has 36 heavy (non-hydrogen) atoms. The number of rotatable bonds is 8. The van der Waals surface area contributed by atoms with Gasteiger partial charge < -0.3 is 10.8 Å². The van der Waals surface area contributed by atoms with Crippen LogP contribution in [0.25, 0.3) is 16.7 Å². The van der Waals surface area contributed by atoms with Crippen molar-refractivity contribution < 1.29 is 27.5 Å². The highest BCUT2D eigenvalue weighted by Crippen LogP contribution is 2.30. The van der Waals surface area contributed by atoms with Crippen LogP contribution >= 0.6 is 0 Å². The first-order chi connectivity index (χ1) is 16.9. The smallest absolute Gasteiger partial charge is 0.323 e. The molecule has 0 aliphatic rings. The molecule has 1 amide bonds. The summed E-state index contributed by atoms with van der Waals surface area (Å²) in [6, 6.07) is 17.9. The number of carboxylic acid groups (broad SMARTS) is 1. The van der Waals surface area contributed by atoms with Gasteiger partial charge >= 0.3 is 5.97 Å². The minimum Gasteiger partial charge on any atom is -0.480 e. The van der Waals surface area contributed by atoms with E-state index in [1.165, 1.54) is 55.5 Å². The van der Waals surface area contributed by atoms with Crippen LogP contribution in [0.1, 0.15) is 18.1 Å². The SMILES string of the molecule is C/C(=C(\F)C(=O)N(CC(=O)O)c1ccc(-c2ccccc2S(N)(=O)=O)cc1)c1cccc(C(=N)N)c1. The lowest BCUT2D eigenvalue weighted by atomic mass is 10.0. The van der Waals surface area contributed by atoms with E-state index in [9.17, 15) is 23.1 Å². The zero-order valence-corrected chi connectivity index (χ0v) is 19.9. The number of hydrogen-bond donors (Lipinski definition) is 4. The topological polar surface area (TPSA) is 168 Å². The van der Waals surface area contributed by atoms with Crippen LogP contribution in [0.15, 0.2) is 83.5 Å². The maximum absolute atomic E-state index is 15.3. The molecular weight excluding hydrogens is 487 g/mol. The third-order valence-corrected chi connectivity index (χ3v) is 6.31. The summed E-state index contributed by atoms with van der Waals surface area (Å²) < 4.78 is 39.1. The number of nitrogens with one attached hydrogen (secondary N) is 1. The van der Waals surface area contributed by atoms with Crippen molar-refractivity contribution in [3.8, 4) is 11.1 Å². The molecule has 0 aliphatic carbocycles. The molecule has 0 spiro atoms. The molecule has 6 N–H and O–H groups in total. The second kappa shape index (κ2) is 10.5. The highest BCUT2D eigenvalue weighted by Gasteiger charge is 2.25. The Morgan fingerprint density at radius 2 is 1.61 bits per heavy atom. The third-order valence-electron chi connectivity index (χ3n) is 5.35. The van der Waals surface area contributed by atoms with E-state index in [0.29, 0.717) is 22.3 Å². The number of allylic oxidation sites excluding steroid dienone is 1. The van der Waals surface area contributed by atoms with Gasteiger partial charge in [-0.3, -0.25) is 19.9 Å². The van der Waals surface area contributed by atoms with E-state index in [1.807, 2.05) is 0 Å². The standard InChI is InChI=1S/C25H23FN4O5S/c1-15(17-5-4-6-18(13-17)24(27)28)23(26)25(33)30(14-22(31)32)19-11-9-16(10-12-19)20-7-2-3-8-21(20)36(29,34)35/h2-13H,14H2,1H3,(H3,27,28)(H,31,32)(H2,29,34,35)/b23-15+. The first kappa shape index (κ1) is 26.3. The van der Waals surface area contributed by atoms with Crippen molar-refractivity contribution in [2.24, 2.45) is 10.9 Å². The molecule has 3 aromatic rings. The van der Waals surface area contributed by atoms with E-state index in [-0.39, 0.29) is 22.0 Å². The van der Waals surface area contributed by atoms with Gasteiger partial charge in [-0.15, -0.1) is 0 Å². The van der Waals surface area contributed by atoms with E-state index in [1.54, 1.807) is 24.3 Å². The number of carbonyl (C=O) groups is 2. The van der Waals surface area contributed by atoms with Gasteiger partial charge in [0, 0.05) is 16.8 Å². The second-order valence-corrected chi connectivity index (χ2v) is 9.34. The Bertz CT molecular complexity index is 1480. The largest absolute Gasteiger partial charge is 0.480 e. The maximum Gasteiger partial charge on any atom is 0.323 e. The molecule has 0 bridgehead atoms. The van der Waals surface area contributed by atoms with Crippen molar-refractivity contribution in [2.45, 2.75) is 11.8 Å². The summed E-state index contributed by atoms with van der Waals surface area (Å²) >= 11 is 0. The van der Waals surface area contributed by atoms with Crippen molar-refractivity contribution >= 4 is 39.0 Å². The van der Waals surface area contributed by atoms with Crippen molar-refractivity contribution in [3.05, 3.63) is 89.8 Å². The summed E-state index contributed by atoms with van der Waals surface area (Å²) in [5.74, 6) is -3.95. The maximum atomic E-state index is 15.3. The lowest BCUT2D eigenvalue weighted by molar-refractivity contribution is -0.136. The lowest BCUT2D eigenvalue weighted by Crippen LogP contribution is -2.36. The van der Waals surface area contributed by atoms with Gasteiger partial charge in [0.25, 0.3) is 5.91 Å². The highest BCUT2D eigenvalue weighted by molar-refractivity contribution is 7.89. The van der Waals surface area contributed by atoms with Crippen molar-refractivity contribution in [2.75, 3.05) is 11.4 Å². The number of benzene rings is 3. The molecule has 0 unspecified atom stereocenters. The molecule has 0 saturated carbocycles.